The third kappa shape index (κ3) is 3.97. The summed E-state index contributed by atoms with van der Waals surface area (Å²) in [6.45, 7) is 7.70. The van der Waals surface area contributed by atoms with Gasteiger partial charge in [-0.25, -0.2) is 0 Å². The van der Waals surface area contributed by atoms with E-state index in [-0.39, 0.29) is 0 Å². The van der Waals surface area contributed by atoms with Crippen LogP contribution in [-0.4, -0.2) is 31.1 Å². The second kappa shape index (κ2) is 6.77. The molecule has 4 heteroatoms. The number of anilines is 1. The van der Waals surface area contributed by atoms with Gasteiger partial charge in [-0.15, -0.1) is 0 Å². The number of nitrogens with two attached hydrogens (primary N) is 1. The van der Waals surface area contributed by atoms with E-state index in [2.05, 4.69) is 24.8 Å². The Hall–Kier alpha value is -1.73. The summed E-state index contributed by atoms with van der Waals surface area (Å²) >= 11 is 0. The summed E-state index contributed by atoms with van der Waals surface area (Å²) in [5, 5.41) is 8.79. The molecule has 0 fully saturated rings. The molecule has 0 heterocycles. The van der Waals surface area contributed by atoms with Gasteiger partial charge in [0.2, 0.25) is 0 Å². The molecule has 0 saturated carbocycles. The first-order valence-electron chi connectivity index (χ1n) is 5.86. The van der Waals surface area contributed by atoms with Crippen LogP contribution in [0.2, 0.25) is 0 Å². The van der Waals surface area contributed by atoms with Crippen molar-refractivity contribution in [1.29, 1.82) is 5.26 Å². The molecular weight excluding hydrogens is 214 g/mol. The summed E-state index contributed by atoms with van der Waals surface area (Å²) in [7, 11) is 0. The van der Waals surface area contributed by atoms with Crippen molar-refractivity contribution in [3.8, 4) is 11.8 Å². The number of benzene rings is 1. The maximum Gasteiger partial charge on any atom is 0.143 e. The standard InChI is InChI=1S/C13H19N3O/c1-3-16(4-2)7-8-17-13-9-11(10-14)5-6-12(13)15/h5-6,9H,3-4,7-8,15H2,1-2H3. The summed E-state index contributed by atoms with van der Waals surface area (Å²) < 4.78 is 5.60. The van der Waals surface area contributed by atoms with Crippen LogP contribution in [0.1, 0.15) is 19.4 Å². The van der Waals surface area contributed by atoms with Gasteiger partial charge in [0.15, 0.2) is 0 Å². The van der Waals surface area contributed by atoms with Crippen LogP contribution < -0.4 is 10.5 Å². The summed E-state index contributed by atoms with van der Waals surface area (Å²) in [5.41, 5.74) is 6.92. The van der Waals surface area contributed by atoms with Crippen molar-refractivity contribution in [1.82, 2.24) is 4.90 Å². The lowest BCUT2D eigenvalue weighted by Gasteiger charge is -2.18. The van der Waals surface area contributed by atoms with E-state index in [0.717, 1.165) is 19.6 Å². The highest BCUT2D eigenvalue weighted by Gasteiger charge is 2.03. The molecule has 1 rings (SSSR count). The lowest BCUT2D eigenvalue weighted by Crippen LogP contribution is -2.28. The number of nitrogen functional groups attached to an aromatic ring is 1. The topological polar surface area (TPSA) is 62.3 Å². The van der Waals surface area contributed by atoms with Crippen LogP contribution >= 0.6 is 0 Å². The number of nitriles is 1. The van der Waals surface area contributed by atoms with Gasteiger partial charge in [0.1, 0.15) is 12.4 Å². The van der Waals surface area contributed by atoms with Gasteiger partial charge in [-0.05, 0) is 25.2 Å². The Morgan fingerprint density at radius 2 is 2.06 bits per heavy atom. The molecule has 1 aromatic rings. The van der Waals surface area contributed by atoms with E-state index in [1.54, 1.807) is 18.2 Å². The van der Waals surface area contributed by atoms with Crippen LogP contribution in [0.15, 0.2) is 18.2 Å². The zero-order chi connectivity index (χ0) is 12.7. The Morgan fingerprint density at radius 3 is 2.65 bits per heavy atom. The molecule has 4 nitrogen and oxygen atoms in total. The molecule has 0 atom stereocenters. The molecule has 0 radical (unpaired) electrons. The zero-order valence-corrected chi connectivity index (χ0v) is 10.4. The summed E-state index contributed by atoms with van der Waals surface area (Å²) in [4.78, 5) is 2.27. The van der Waals surface area contributed by atoms with E-state index in [9.17, 15) is 0 Å². The van der Waals surface area contributed by atoms with Gasteiger partial charge in [0, 0.05) is 12.6 Å². The average Bonchev–Trinajstić information content (AvgIpc) is 2.36. The van der Waals surface area contributed by atoms with Crippen molar-refractivity contribution in [2.24, 2.45) is 0 Å². The molecule has 0 bridgehead atoms. The van der Waals surface area contributed by atoms with Crippen molar-refractivity contribution in [3.63, 3.8) is 0 Å². The molecule has 0 unspecified atom stereocenters. The smallest absolute Gasteiger partial charge is 0.143 e. The van der Waals surface area contributed by atoms with E-state index >= 15 is 0 Å². The van der Waals surface area contributed by atoms with Gasteiger partial charge < -0.3 is 15.4 Å². The van der Waals surface area contributed by atoms with Crippen LogP contribution in [0.3, 0.4) is 0 Å². The molecule has 2 N–H and O–H groups in total. The minimum absolute atomic E-state index is 0.567. The molecule has 0 saturated heterocycles. The molecule has 0 aliphatic carbocycles. The predicted molar refractivity (Wildman–Crippen MR) is 68.9 cm³/mol. The number of nitrogens with zero attached hydrogens (tertiary/aromatic N) is 2. The normalized spacial score (nSPS) is 10.2. The number of hydrogen-bond donors (Lipinski definition) is 1. The van der Waals surface area contributed by atoms with E-state index in [4.69, 9.17) is 15.7 Å². The summed E-state index contributed by atoms with van der Waals surface area (Å²) in [5.74, 6) is 0.594. The van der Waals surface area contributed by atoms with Gasteiger partial charge >= 0.3 is 0 Å². The molecule has 0 aliphatic rings. The van der Waals surface area contributed by atoms with E-state index < -0.39 is 0 Å². The molecule has 0 amide bonds. The lowest BCUT2D eigenvalue weighted by molar-refractivity contribution is 0.223. The van der Waals surface area contributed by atoms with Gasteiger partial charge in [0.05, 0.1) is 17.3 Å². The fraction of sp³-hybridized carbons (Fsp3) is 0.462. The van der Waals surface area contributed by atoms with Crippen LogP contribution in [0.4, 0.5) is 5.69 Å². The molecule has 0 aromatic heterocycles. The Bertz CT molecular complexity index is 394. The minimum atomic E-state index is 0.567. The largest absolute Gasteiger partial charge is 0.490 e. The fourth-order valence-electron chi connectivity index (χ4n) is 1.55. The van der Waals surface area contributed by atoms with E-state index in [0.29, 0.717) is 23.6 Å². The van der Waals surface area contributed by atoms with Crippen LogP contribution in [0, 0.1) is 11.3 Å². The number of rotatable bonds is 6. The molecule has 1 aromatic carbocycles. The maximum absolute atomic E-state index is 8.79. The lowest BCUT2D eigenvalue weighted by atomic mass is 10.2. The van der Waals surface area contributed by atoms with Crippen molar-refractivity contribution >= 4 is 5.69 Å². The second-order valence-electron chi connectivity index (χ2n) is 3.74. The Morgan fingerprint density at radius 1 is 1.35 bits per heavy atom. The van der Waals surface area contributed by atoms with Crippen molar-refractivity contribution in [2.45, 2.75) is 13.8 Å². The van der Waals surface area contributed by atoms with Gasteiger partial charge in [-0.1, -0.05) is 13.8 Å². The van der Waals surface area contributed by atoms with Gasteiger partial charge in [-0.2, -0.15) is 5.26 Å². The van der Waals surface area contributed by atoms with Gasteiger partial charge in [-0.3, -0.25) is 0 Å². The minimum Gasteiger partial charge on any atom is -0.490 e. The Labute approximate surface area is 103 Å². The van der Waals surface area contributed by atoms with Crippen LogP contribution in [0.5, 0.6) is 5.75 Å². The summed E-state index contributed by atoms with van der Waals surface area (Å²) in [6.07, 6.45) is 0. The quantitative estimate of drug-likeness (QED) is 0.762. The van der Waals surface area contributed by atoms with Crippen molar-refractivity contribution < 1.29 is 4.74 Å². The van der Waals surface area contributed by atoms with Crippen LogP contribution in [0.25, 0.3) is 0 Å². The molecule has 0 spiro atoms. The maximum atomic E-state index is 8.79. The monoisotopic (exact) mass is 233 g/mol. The van der Waals surface area contributed by atoms with Crippen LogP contribution in [-0.2, 0) is 0 Å². The SMILES string of the molecule is CCN(CC)CCOc1cc(C#N)ccc1N. The highest BCUT2D eigenvalue weighted by molar-refractivity contribution is 5.55. The number of likely N-dealkylation sites (N-methyl/N-ethyl adjacent to an activating group) is 1. The van der Waals surface area contributed by atoms with Crippen molar-refractivity contribution in [2.75, 3.05) is 32.0 Å². The van der Waals surface area contributed by atoms with Crippen molar-refractivity contribution in [3.05, 3.63) is 23.8 Å². The second-order valence-corrected chi connectivity index (χ2v) is 3.74. The molecule has 0 aliphatic heterocycles. The number of hydrogen-bond acceptors (Lipinski definition) is 4. The third-order valence-electron chi connectivity index (χ3n) is 2.70. The fourth-order valence-corrected chi connectivity index (χ4v) is 1.55. The number of ether oxygens (including phenoxy) is 1. The average molecular weight is 233 g/mol. The molecule has 17 heavy (non-hydrogen) atoms. The first kappa shape index (κ1) is 13.3. The van der Waals surface area contributed by atoms with E-state index in [1.165, 1.54) is 0 Å². The Kier molecular flexibility index (Phi) is 5.31. The molecule has 92 valence electrons. The Balaban J connectivity index is 2.54. The highest BCUT2D eigenvalue weighted by atomic mass is 16.5. The first-order chi connectivity index (χ1) is 8.21. The third-order valence-corrected chi connectivity index (χ3v) is 2.70. The zero-order valence-electron chi connectivity index (χ0n) is 10.4. The predicted octanol–water partition coefficient (Wildman–Crippen LogP) is 1.86. The summed E-state index contributed by atoms with van der Waals surface area (Å²) in [6, 6.07) is 7.14. The van der Waals surface area contributed by atoms with Gasteiger partial charge in [0.25, 0.3) is 0 Å². The molecular formula is C13H19N3O. The first-order valence-corrected chi connectivity index (χ1v) is 5.86. The highest BCUT2D eigenvalue weighted by Crippen LogP contribution is 2.22. The van der Waals surface area contributed by atoms with E-state index in [1.807, 2.05) is 0 Å².